The van der Waals surface area contributed by atoms with E-state index in [0.29, 0.717) is 11.5 Å². The Morgan fingerprint density at radius 2 is 1.96 bits per heavy atom. The number of hydrogen-bond donors (Lipinski definition) is 1. The Morgan fingerprint density at radius 3 is 2.67 bits per heavy atom. The number of nitrogens with one attached hydrogen (secondary N) is 1. The Kier molecular flexibility index (Phi) is 5.15. The fourth-order valence-corrected chi connectivity index (χ4v) is 4.18. The van der Waals surface area contributed by atoms with Gasteiger partial charge in [-0.05, 0) is 67.0 Å². The zero-order valence-electron chi connectivity index (χ0n) is 15.5. The van der Waals surface area contributed by atoms with E-state index in [2.05, 4.69) is 20.8 Å². The van der Waals surface area contributed by atoms with E-state index in [4.69, 9.17) is 4.74 Å². The monoisotopic (exact) mass is 385 g/mol. The molecule has 0 unspecified atom stereocenters. The van der Waals surface area contributed by atoms with Crippen molar-refractivity contribution in [2.45, 2.75) is 56.1 Å². The number of carbonyl (C=O) groups excluding carboxylic acids is 1. The predicted octanol–water partition coefficient (Wildman–Crippen LogP) is 3.56. The molecule has 4 rings (SSSR count). The number of tetrazole rings is 1. The maximum absolute atomic E-state index is 13.1. The van der Waals surface area contributed by atoms with E-state index in [9.17, 15) is 4.79 Å². The molecule has 1 aromatic carbocycles. The second-order valence-corrected chi connectivity index (χ2v) is 7.83. The molecule has 0 spiro atoms. The molecule has 1 N–H and O–H groups in total. The van der Waals surface area contributed by atoms with Crippen LogP contribution in [0.25, 0.3) is 0 Å². The second-order valence-electron chi connectivity index (χ2n) is 6.95. The summed E-state index contributed by atoms with van der Waals surface area (Å²) in [6.07, 6.45) is 7.37. The SMILES string of the molecule is CSc1ccc([C@H]2C(C(=O)OC3CCCCC3)=C(C)Nc3nnnn32)cc1. The second kappa shape index (κ2) is 7.72. The summed E-state index contributed by atoms with van der Waals surface area (Å²) < 4.78 is 7.52. The van der Waals surface area contributed by atoms with Crippen LogP contribution >= 0.6 is 11.8 Å². The van der Waals surface area contributed by atoms with E-state index in [1.165, 1.54) is 6.42 Å². The van der Waals surface area contributed by atoms with Crippen LogP contribution in [0.4, 0.5) is 5.95 Å². The molecule has 0 radical (unpaired) electrons. The number of carbonyl (C=O) groups is 1. The first kappa shape index (κ1) is 18.0. The number of benzene rings is 1. The third kappa shape index (κ3) is 3.58. The number of hydrogen-bond acceptors (Lipinski definition) is 7. The largest absolute Gasteiger partial charge is 0.459 e. The van der Waals surface area contributed by atoms with Gasteiger partial charge in [-0.3, -0.25) is 0 Å². The smallest absolute Gasteiger partial charge is 0.338 e. The molecule has 0 bridgehead atoms. The Hall–Kier alpha value is -2.35. The average Bonchev–Trinajstić information content (AvgIpc) is 3.15. The van der Waals surface area contributed by atoms with Crippen molar-refractivity contribution in [3.8, 4) is 0 Å². The number of anilines is 1. The highest BCUT2D eigenvalue weighted by atomic mass is 32.2. The number of fused-ring (bicyclic) bond motifs is 1. The van der Waals surface area contributed by atoms with Gasteiger partial charge in [0.1, 0.15) is 12.1 Å². The lowest BCUT2D eigenvalue weighted by molar-refractivity contribution is -0.146. The van der Waals surface area contributed by atoms with Crippen LogP contribution in [-0.2, 0) is 9.53 Å². The van der Waals surface area contributed by atoms with Crippen LogP contribution in [0.1, 0.15) is 50.6 Å². The minimum atomic E-state index is -0.400. The van der Waals surface area contributed by atoms with E-state index in [1.807, 2.05) is 37.4 Å². The molecule has 7 nitrogen and oxygen atoms in total. The molecule has 1 aliphatic heterocycles. The van der Waals surface area contributed by atoms with Gasteiger partial charge in [0.15, 0.2) is 0 Å². The molecule has 1 saturated carbocycles. The number of aromatic nitrogens is 4. The summed E-state index contributed by atoms with van der Waals surface area (Å²) in [6, 6.07) is 7.74. The lowest BCUT2D eigenvalue weighted by Crippen LogP contribution is -2.32. The summed E-state index contributed by atoms with van der Waals surface area (Å²) in [5.74, 6) is 0.243. The van der Waals surface area contributed by atoms with Gasteiger partial charge in [0, 0.05) is 10.6 Å². The number of allylic oxidation sites excluding steroid dienone is 1. The predicted molar refractivity (Wildman–Crippen MR) is 103 cm³/mol. The van der Waals surface area contributed by atoms with Crippen molar-refractivity contribution in [3.63, 3.8) is 0 Å². The van der Waals surface area contributed by atoms with Gasteiger partial charge in [0.2, 0.25) is 5.95 Å². The van der Waals surface area contributed by atoms with Gasteiger partial charge >= 0.3 is 5.97 Å². The van der Waals surface area contributed by atoms with Gasteiger partial charge in [0.25, 0.3) is 0 Å². The van der Waals surface area contributed by atoms with E-state index >= 15 is 0 Å². The zero-order chi connectivity index (χ0) is 18.8. The van der Waals surface area contributed by atoms with Gasteiger partial charge in [-0.25, -0.2) is 4.79 Å². The summed E-state index contributed by atoms with van der Waals surface area (Å²) in [6.45, 7) is 1.87. The Balaban J connectivity index is 1.68. The van der Waals surface area contributed by atoms with E-state index in [-0.39, 0.29) is 12.1 Å². The first-order chi connectivity index (χ1) is 13.2. The molecule has 142 valence electrons. The first-order valence-corrected chi connectivity index (χ1v) is 10.5. The first-order valence-electron chi connectivity index (χ1n) is 9.28. The lowest BCUT2D eigenvalue weighted by atomic mass is 9.95. The quantitative estimate of drug-likeness (QED) is 0.636. The number of ether oxygens (including phenoxy) is 1. The molecular formula is C19H23N5O2S. The van der Waals surface area contributed by atoms with Crippen LogP contribution in [-0.4, -0.2) is 38.5 Å². The molecule has 1 atom stereocenters. The highest BCUT2D eigenvalue weighted by Crippen LogP contribution is 2.36. The molecule has 0 amide bonds. The topological polar surface area (TPSA) is 81.9 Å². The van der Waals surface area contributed by atoms with Crippen molar-refractivity contribution in [2.75, 3.05) is 11.6 Å². The minimum Gasteiger partial charge on any atom is -0.459 e. The Morgan fingerprint density at radius 1 is 1.22 bits per heavy atom. The molecule has 1 aromatic heterocycles. The van der Waals surface area contributed by atoms with Crippen molar-refractivity contribution in [3.05, 3.63) is 41.1 Å². The molecule has 1 fully saturated rings. The maximum atomic E-state index is 13.1. The average molecular weight is 385 g/mol. The van der Waals surface area contributed by atoms with Gasteiger partial charge in [-0.1, -0.05) is 23.7 Å². The summed E-state index contributed by atoms with van der Waals surface area (Å²) in [7, 11) is 0. The highest BCUT2D eigenvalue weighted by Gasteiger charge is 2.36. The summed E-state index contributed by atoms with van der Waals surface area (Å²) in [5.41, 5.74) is 2.26. The van der Waals surface area contributed by atoms with Crippen molar-refractivity contribution in [2.24, 2.45) is 0 Å². The maximum Gasteiger partial charge on any atom is 0.338 e. The Bertz CT molecular complexity index is 855. The zero-order valence-corrected chi connectivity index (χ0v) is 16.3. The summed E-state index contributed by atoms with van der Waals surface area (Å²) >= 11 is 1.68. The van der Waals surface area contributed by atoms with Crippen LogP contribution in [0.3, 0.4) is 0 Å². The van der Waals surface area contributed by atoms with Gasteiger partial charge in [0.05, 0.1) is 5.57 Å². The standard InChI is InChI=1S/C19H23N5O2S/c1-12-16(18(25)26-14-6-4-3-5-7-14)17(24-19(20-12)21-22-23-24)13-8-10-15(27-2)11-9-13/h8-11,14,17H,3-7H2,1-2H3,(H,20,21,23)/t17-/m0/s1. The van der Waals surface area contributed by atoms with Crippen molar-refractivity contribution in [1.29, 1.82) is 0 Å². The van der Waals surface area contributed by atoms with Crippen LogP contribution in [0, 0.1) is 0 Å². The van der Waals surface area contributed by atoms with E-state index < -0.39 is 6.04 Å². The normalized spacial score (nSPS) is 20.1. The minimum absolute atomic E-state index is 0.00124. The highest BCUT2D eigenvalue weighted by molar-refractivity contribution is 7.98. The van der Waals surface area contributed by atoms with Gasteiger partial charge in [-0.15, -0.1) is 11.8 Å². The van der Waals surface area contributed by atoms with Crippen LogP contribution in [0.15, 0.2) is 40.4 Å². The van der Waals surface area contributed by atoms with E-state index in [1.54, 1.807) is 16.4 Å². The van der Waals surface area contributed by atoms with Gasteiger partial charge in [-0.2, -0.15) is 4.68 Å². The Labute approximate surface area is 162 Å². The molecule has 2 aliphatic rings. The molecule has 2 aromatic rings. The van der Waals surface area contributed by atoms with Crippen LogP contribution in [0.5, 0.6) is 0 Å². The van der Waals surface area contributed by atoms with Crippen molar-refractivity contribution in [1.82, 2.24) is 20.2 Å². The number of rotatable bonds is 4. The molecule has 1 aliphatic carbocycles. The van der Waals surface area contributed by atoms with Gasteiger partial charge < -0.3 is 10.1 Å². The summed E-state index contributed by atoms with van der Waals surface area (Å²) in [4.78, 5) is 14.3. The van der Waals surface area contributed by atoms with Crippen molar-refractivity contribution >= 4 is 23.7 Å². The molecular weight excluding hydrogens is 362 g/mol. The third-order valence-corrected chi connectivity index (χ3v) is 5.94. The lowest BCUT2D eigenvalue weighted by Gasteiger charge is -2.29. The fraction of sp³-hybridized carbons (Fsp3) is 0.474. The molecule has 8 heteroatoms. The number of nitrogens with zero attached hydrogens (tertiary/aromatic N) is 4. The summed E-state index contributed by atoms with van der Waals surface area (Å²) in [5, 5.41) is 15.1. The third-order valence-electron chi connectivity index (χ3n) is 5.19. The molecule has 27 heavy (non-hydrogen) atoms. The fourth-order valence-electron chi connectivity index (χ4n) is 3.77. The van der Waals surface area contributed by atoms with Crippen LogP contribution < -0.4 is 5.32 Å². The number of thioether (sulfide) groups is 1. The molecule has 2 heterocycles. The van der Waals surface area contributed by atoms with Crippen LogP contribution in [0.2, 0.25) is 0 Å². The molecule has 0 saturated heterocycles. The van der Waals surface area contributed by atoms with E-state index in [0.717, 1.165) is 41.8 Å². The number of esters is 1. The van der Waals surface area contributed by atoms with Crippen molar-refractivity contribution < 1.29 is 9.53 Å².